The van der Waals surface area contributed by atoms with Gasteiger partial charge >= 0.3 is 0 Å². The molecule has 0 bridgehead atoms. The predicted molar refractivity (Wildman–Crippen MR) is 130 cm³/mol. The molecule has 7 heteroatoms. The van der Waals surface area contributed by atoms with Crippen molar-refractivity contribution in [2.45, 2.75) is 38.6 Å². The molecule has 1 saturated heterocycles. The Morgan fingerprint density at radius 1 is 1.16 bits per heavy atom. The van der Waals surface area contributed by atoms with Crippen molar-refractivity contribution >= 4 is 58.2 Å². The van der Waals surface area contributed by atoms with Crippen molar-refractivity contribution in [2.24, 2.45) is 0 Å². The van der Waals surface area contributed by atoms with Crippen LogP contribution in [0, 0.1) is 0 Å². The molecule has 2 aliphatic rings. The molecule has 0 spiro atoms. The largest absolute Gasteiger partial charge is 0.369 e. The van der Waals surface area contributed by atoms with Crippen LogP contribution in [0.5, 0.6) is 0 Å². The summed E-state index contributed by atoms with van der Waals surface area (Å²) < 4.78 is 0. The van der Waals surface area contributed by atoms with Crippen LogP contribution in [0.15, 0.2) is 48.0 Å². The second-order valence-electron chi connectivity index (χ2n) is 8.73. The number of benzene rings is 2. The first-order valence-corrected chi connectivity index (χ1v) is 10.9. The van der Waals surface area contributed by atoms with Gasteiger partial charge in [-0.05, 0) is 92.0 Å². The van der Waals surface area contributed by atoms with E-state index in [-0.39, 0.29) is 16.2 Å². The van der Waals surface area contributed by atoms with E-state index in [1.807, 2.05) is 6.07 Å². The molecule has 0 saturated carbocycles. The second-order valence-corrected chi connectivity index (χ2v) is 9.55. The summed E-state index contributed by atoms with van der Waals surface area (Å²) in [6, 6.07) is 12.8. The van der Waals surface area contributed by atoms with E-state index in [9.17, 15) is 9.59 Å². The topological polar surface area (TPSA) is 52.7 Å². The van der Waals surface area contributed by atoms with Crippen LogP contribution in [0.4, 0.5) is 11.4 Å². The molecular formula is C24H24ClN3O2S. The maximum atomic E-state index is 13.2. The Bertz CT molecular complexity index is 1120. The molecule has 2 aliphatic heterocycles. The van der Waals surface area contributed by atoms with Crippen molar-refractivity contribution in [3.63, 3.8) is 0 Å². The number of nitrogens with one attached hydrogen (secondary N) is 1. The zero-order valence-electron chi connectivity index (χ0n) is 17.9. The SMILES string of the molecule is C[C@@H]1CC(C)(C)N(C)c2ccc(/C=C3\C(=O)NC(=S)N(c4ccc(Cl)cc4)C3=O)cc21. The van der Waals surface area contributed by atoms with Crippen LogP contribution >= 0.6 is 23.8 Å². The summed E-state index contributed by atoms with van der Waals surface area (Å²) >= 11 is 11.2. The van der Waals surface area contributed by atoms with E-state index < -0.39 is 11.8 Å². The van der Waals surface area contributed by atoms with Crippen molar-refractivity contribution < 1.29 is 9.59 Å². The van der Waals surface area contributed by atoms with Crippen LogP contribution in [0.25, 0.3) is 6.08 Å². The number of carbonyl (C=O) groups is 2. The minimum absolute atomic E-state index is 0.0423. The number of amides is 2. The van der Waals surface area contributed by atoms with E-state index in [1.54, 1.807) is 30.3 Å². The number of carbonyl (C=O) groups excluding carboxylic acids is 2. The zero-order valence-corrected chi connectivity index (χ0v) is 19.5. The van der Waals surface area contributed by atoms with Gasteiger partial charge in [0.1, 0.15) is 5.57 Å². The number of hydrogen-bond acceptors (Lipinski definition) is 4. The van der Waals surface area contributed by atoms with Gasteiger partial charge in [-0.15, -0.1) is 0 Å². The summed E-state index contributed by atoms with van der Waals surface area (Å²) in [5.74, 6) is -0.585. The molecule has 2 aromatic carbocycles. The van der Waals surface area contributed by atoms with E-state index in [1.165, 1.54) is 16.2 Å². The van der Waals surface area contributed by atoms with Crippen LogP contribution in [0.3, 0.4) is 0 Å². The van der Waals surface area contributed by atoms with Crippen molar-refractivity contribution in [3.05, 3.63) is 64.2 Å². The van der Waals surface area contributed by atoms with E-state index in [0.29, 0.717) is 16.6 Å². The molecule has 0 aliphatic carbocycles. The van der Waals surface area contributed by atoms with E-state index in [4.69, 9.17) is 23.8 Å². The third-order valence-electron chi connectivity index (χ3n) is 6.16. The highest BCUT2D eigenvalue weighted by Crippen LogP contribution is 2.42. The van der Waals surface area contributed by atoms with Crippen molar-refractivity contribution in [1.29, 1.82) is 0 Å². The van der Waals surface area contributed by atoms with E-state index in [0.717, 1.165) is 12.0 Å². The standard InChI is InChI=1S/C24H24ClN3O2S/c1-14-13-24(2,3)27(4)20-10-5-15(11-18(14)20)12-19-21(29)26-23(31)28(22(19)30)17-8-6-16(25)7-9-17/h5-12,14H,13H2,1-4H3,(H,26,29,31)/b19-12+/t14-/m1/s1. The normalized spacial score (nSPS) is 21.9. The van der Waals surface area contributed by atoms with Gasteiger partial charge in [0.2, 0.25) is 0 Å². The Morgan fingerprint density at radius 2 is 1.84 bits per heavy atom. The molecule has 1 fully saturated rings. The molecule has 31 heavy (non-hydrogen) atoms. The maximum absolute atomic E-state index is 13.2. The summed E-state index contributed by atoms with van der Waals surface area (Å²) in [6.45, 7) is 6.69. The Labute approximate surface area is 192 Å². The average molecular weight is 454 g/mol. The van der Waals surface area contributed by atoms with Crippen LogP contribution in [0.1, 0.15) is 44.2 Å². The van der Waals surface area contributed by atoms with Crippen LogP contribution < -0.4 is 15.1 Å². The van der Waals surface area contributed by atoms with Gasteiger partial charge in [0.05, 0.1) is 5.69 Å². The first-order chi connectivity index (χ1) is 14.6. The Kier molecular flexibility index (Phi) is 5.40. The molecule has 1 atom stereocenters. The first-order valence-electron chi connectivity index (χ1n) is 10.1. The monoisotopic (exact) mass is 453 g/mol. The molecule has 4 rings (SSSR count). The molecule has 0 radical (unpaired) electrons. The molecule has 1 N–H and O–H groups in total. The van der Waals surface area contributed by atoms with Crippen molar-refractivity contribution in [2.75, 3.05) is 16.8 Å². The van der Waals surface area contributed by atoms with Crippen LogP contribution in [-0.2, 0) is 9.59 Å². The number of nitrogens with zero attached hydrogens (tertiary/aromatic N) is 2. The number of anilines is 2. The minimum atomic E-state index is -0.496. The molecule has 2 amide bonds. The average Bonchev–Trinajstić information content (AvgIpc) is 2.70. The van der Waals surface area contributed by atoms with Crippen LogP contribution in [-0.4, -0.2) is 29.5 Å². The minimum Gasteiger partial charge on any atom is -0.369 e. The van der Waals surface area contributed by atoms with Gasteiger partial charge in [-0.25, -0.2) is 0 Å². The van der Waals surface area contributed by atoms with Crippen LogP contribution in [0.2, 0.25) is 5.02 Å². The molecule has 2 heterocycles. The highest BCUT2D eigenvalue weighted by Gasteiger charge is 2.36. The second kappa shape index (κ2) is 7.77. The molecule has 5 nitrogen and oxygen atoms in total. The lowest BCUT2D eigenvalue weighted by Crippen LogP contribution is -2.54. The number of fused-ring (bicyclic) bond motifs is 1. The third kappa shape index (κ3) is 3.86. The highest BCUT2D eigenvalue weighted by atomic mass is 35.5. The van der Waals surface area contributed by atoms with Crippen molar-refractivity contribution in [1.82, 2.24) is 5.32 Å². The molecule has 0 unspecified atom stereocenters. The zero-order chi connectivity index (χ0) is 22.5. The lowest BCUT2D eigenvalue weighted by Gasteiger charge is -2.45. The lowest BCUT2D eigenvalue weighted by atomic mass is 9.80. The fourth-order valence-corrected chi connectivity index (χ4v) is 4.74. The van der Waals surface area contributed by atoms with Gasteiger partial charge < -0.3 is 4.90 Å². The molecule has 2 aromatic rings. The van der Waals surface area contributed by atoms with Gasteiger partial charge in [0.15, 0.2) is 5.11 Å². The molecular weight excluding hydrogens is 430 g/mol. The van der Waals surface area contributed by atoms with E-state index in [2.05, 4.69) is 50.2 Å². The summed E-state index contributed by atoms with van der Waals surface area (Å²) in [4.78, 5) is 29.4. The van der Waals surface area contributed by atoms with Crippen molar-refractivity contribution in [3.8, 4) is 0 Å². The van der Waals surface area contributed by atoms with Gasteiger partial charge in [-0.3, -0.25) is 19.8 Å². The fraction of sp³-hybridized carbons (Fsp3) is 0.292. The van der Waals surface area contributed by atoms with Gasteiger partial charge in [0, 0.05) is 23.3 Å². The third-order valence-corrected chi connectivity index (χ3v) is 6.69. The fourth-order valence-electron chi connectivity index (χ4n) is 4.33. The maximum Gasteiger partial charge on any atom is 0.270 e. The lowest BCUT2D eigenvalue weighted by molar-refractivity contribution is -0.122. The molecule has 160 valence electrons. The number of hydrogen-bond donors (Lipinski definition) is 1. The van der Waals surface area contributed by atoms with Gasteiger partial charge in [-0.1, -0.05) is 24.6 Å². The number of halogens is 1. The number of thiocarbonyl (C=S) groups is 1. The molecule has 0 aromatic heterocycles. The summed E-state index contributed by atoms with van der Waals surface area (Å²) in [6.07, 6.45) is 2.66. The summed E-state index contributed by atoms with van der Waals surface area (Å²) in [5, 5.41) is 3.22. The predicted octanol–water partition coefficient (Wildman–Crippen LogP) is 4.89. The Balaban J connectivity index is 1.72. The Morgan fingerprint density at radius 3 is 2.52 bits per heavy atom. The first kappa shape index (κ1) is 21.5. The number of rotatable bonds is 2. The summed E-state index contributed by atoms with van der Waals surface area (Å²) in [5.41, 5.74) is 3.86. The smallest absolute Gasteiger partial charge is 0.270 e. The highest BCUT2D eigenvalue weighted by molar-refractivity contribution is 7.80. The summed E-state index contributed by atoms with van der Waals surface area (Å²) in [7, 11) is 2.10. The van der Waals surface area contributed by atoms with E-state index >= 15 is 0 Å². The van der Waals surface area contributed by atoms with Gasteiger partial charge in [-0.2, -0.15) is 0 Å². The van der Waals surface area contributed by atoms with Gasteiger partial charge in [0.25, 0.3) is 11.8 Å². The Hall–Kier alpha value is -2.70. The quantitative estimate of drug-likeness (QED) is 0.399.